The summed E-state index contributed by atoms with van der Waals surface area (Å²) >= 11 is 0. The summed E-state index contributed by atoms with van der Waals surface area (Å²) in [6, 6.07) is 19.6. The molecule has 4 aromatic rings. The molecule has 5 rings (SSSR count). The first-order chi connectivity index (χ1) is 17.3. The number of hydrogen-bond donors (Lipinski definition) is 0. The molecular formula is C28H24F3N3O2. The summed E-state index contributed by atoms with van der Waals surface area (Å²) in [7, 11) is 0. The Hall–Kier alpha value is -3.91. The van der Waals surface area contributed by atoms with E-state index in [1.54, 1.807) is 12.1 Å². The van der Waals surface area contributed by atoms with Gasteiger partial charge >= 0.3 is 6.36 Å². The number of aromatic nitrogens is 2. The maximum atomic E-state index is 12.4. The van der Waals surface area contributed by atoms with Crippen molar-refractivity contribution in [3.63, 3.8) is 0 Å². The topological polar surface area (TPSA) is 47.4 Å². The van der Waals surface area contributed by atoms with Crippen LogP contribution in [0.2, 0.25) is 0 Å². The molecule has 0 amide bonds. The number of alkyl halides is 3. The summed E-state index contributed by atoms with van der Waals surface area (Å²) in [5, 5.41) is 4.51. The largest absolute Gasteiger partial charge is 0.573 e. The first-order valence-electron chi connectivity index (χ1n) is 11.5. The van der Waals surface area contributed by atoms with Crippen molar-refractivity contribution >= 4 is 6.29 Å². The second-order valence-electron chi connectivity index (χ2n) is 8.96. The van der Waals surface area contributed by atoms with Gasteiger partial charge in [-0.15, -0.1) is 13.2 Å². The molecule has 0 radical (unpaired) electrons. The van der Waals surface area contributed by atoms with E-state index in [9.17, 15) is 18.0 Å². The van der Waals surface area contributed by atoms with Crippen molar-refractivity contribution in [2.45, 2.75) is 39.0 Å². The van der Waals surface area contributed by atoms with E-state index in [1.807, 2.05) is 47.1 Å². The SMILES string of the molecule is Cc1cc(-c2cnn(Cc3ccccc3)c2)cc2c1C(C=O)N(Cc1ccc(OC(F)(F)F)cc1)C2. The second kappa shape index (κ2) is 9.62. The van der Waals surface area contributed by atoms with Gasteiger partial charge in [-0.2, -0.15) is 5.10 Å². The maximum Gasteiger partial charge on any atom is 0.573 e. The highest BCUT2D eigenvalue weighted by Crippen LogP contribution is 2.38. The molecule has 5 nitrogen and oxygen atoms in total. The van der Waals surface area contributed by atoms with Gasteiger partial charge in [0, 0.05) is 24.8 Å². The predicted molar refractivity (Wildman–Crippen MR) is 129 cm³/mol. The molecule has 0 saturated carbocycles. The standard InChI is InChI=1S/C28H24F3N3O2/c1-19-11-22(24-13-32-34(17-24)15-20-5-3-2-4-6-20)12-23-16-33(26(18-35)27(19)23)14-21-7-9-25(10-8-21)36-28(29,30)31/h2-13,17-18,26H,14-16H2,1H3. The van der Waals surface area contributed by atoms with Crippen molar-refractivity contribution in [2.24, 2.45) is 0 Å². The zero-order valence-electron chi connectivity index (χ0n) is 19.6. The van der Waals surface area contributed by atoms with E-state index in [0.29, 0.717) is 19.6 Å². The monoisotopic (exact) mass is 491 g/mol. The molecule has 36 heavy (non-hydrogen) atoms. The molecule has 1 aliphatic rings. The van der Waals surface area contributed by atoms with Crippen LogP contribution in [-0.2, 0) is 24.4 Å². The average molecular weight is 492 g/mol. The fraction of sp³-hybridized carbons (Fsp3) is 0.214. The number of ether oxygens (including phenoxy) is 1. The average Bonchev–Trinajstić information content (AvgIpc) is 3.44. The van der Waals surface area contributed by atoms with Gasteiger partial charge in [-0.3, -0.25) is 9.58 Å². The summed E-state index contributed by atoms with van der Waals surface area (Å²) in [5.41, 5.74) is 7.07. The van der Waals surface area contributed by atoms with Crippen molar-refractivity contribution in [1.29, 1.82) is 0 Å². The molecular weight excluding hydrogens is 467 g/mol. The number of halogens is 3. The Balaban J connectivity index is 1.34. The Morgan fingerprint density at radius 3 is 2.42 bits per heavy atom. The minimum absolute atomic E-state index is 0.267. The van der Waals surface area contributed by atoms with Crippen molar-refractivity contribution in [2.75, 3.05) is 0 Å². The molecule has 0 spiro atoms. The number of hydrogen-bond acceptors (Lipinski definition) is 4. The minimum atomic E-state index is -4.73. The van der Waals surface area contributed by atoms with Crippen LogP contribution in [0.4, 0.5) is 13.2 Å². The Labute approximate surface area is 206 Å². The number of aryl methyl sites for hydroxylation is 1. The molecule has 3 aromatic carbocycles. The Morgan fingerprint density at radius 1 is 1.00 bits per heavy atom. The van der Waals surface area contributed by atoms with Crippen LogP contribution < -0.4 is 4.74 Å². The number of nitrogens with zero attached hydrogens (tertiary/aromatic N) is 3. The highest BCUT2D eigenvalue weighted by Gasteiger charge is 2.33. The van der Waals surface area contributed by atoms with Gasteiger partial charge in [0.25, 0.3) is 0 Å². The lowest BCUT2D eigenvalue weighted by molar-refractivity contribution is -0.274. The number of rotatable bonds is 7. The second-order valence-corrected chi connectivity index (χ2v) is 8.96. The van der Waals surface area contributed by atoms with Crippen LogP contribution in [0.15, 0.2) is 79.1 Å². The van der Waals surface area contributed by atoms with Crippen molar-refractivity contribution < 1.29 is 22.7 Å². The summed E-state index contributed by atoms with van der Waals surface area (Å²) in [5.74, 6) is -0.267. The molecule has 0 bridgehead atoms. The lowest BCUT2D eigenvalue weighted by Crippen LogP contribution is -2.23. The maximum absolute atomic E-state index is 12.4. The first-order valence-corrected chi connectivity index (χ1v) is 11.5. The van der Waals surface area contributed by atoms with Crippen molar-refractivity contribution in [3.8, 4) is 16.9 Å². The van der Waals surface area contributed by atoms with E-state index in [1.165, 1.54) is 17.7 Å². The summed E-state index contributed by atoms with van der Waals surface area (Å²) in [6.07, 6.45) is 0.0623. The lowest BCUT2D eigenvalue weighted by atomic mass is 9.95. The number of carbonyl (C=O) groups is 1. The number of benzene rings is 3. The van der Waals surface area contributed by atoms with E-state index in [0.717, 1.165) is 39.7 Å². The molecule has 1 aromatic heterocycles. The van der Waals surface area contributed by atoms with Crippen LogP contribution in [0.1, 0.15) is 33.9 Å². The van der Waals surface area contributed by atoms with E-state index in [4.69, 9.17) is 0 Å². The molecule has 0 fully saturated rings. The van der Waals surface area contributed by atoms with Gasteiger partial charge < -0.3 is 9.53 Å². The van der Waals surface area contributed by atoms with Gasteiger partial charge in [0.15, 0.2) is 0 Å². The van der Waals surface area contributed by atoms with Gasteiger partial charge in [-0.1, -0.05) is 48.5 Å². The van der Waals surface area contributed by atoms with Crippen LogP contribution in [0.5, 0.6) is 5.75 Å². The molecule has 8 heteroatoms. The molecule has 0 saturated heterocycles. The van der Waals surface area contributed by atoms with Crippen molar-refractivity contribution in [1.82, 2.24) is 14.7 Å². The van der Waals surface area contributed by atoms with Crippen LogP contribution in [0.25, 0.3) is 11.1 Å². The van der Waals surface area contributed by atoms with Crippen molar-refractivity contribution in [3.05, 3.63) is 107 Å². The summed E-state index contributed by atoms with van der Waals surface area (Å²) < 4.78 is 43.2. The number of fused-ring (bicyclic) bond motifs is 1. The zero-order valence-corrected chi connectivity index (χ0v) is 19.6. The van der Waals surface area contributed by atoms with Gasteiger partial charge in [0.05, 0.1) is 18.8 Å². The highest BCUT2D eigenvalue weighted by atomic mass is 19.4. The molecule has 2 heterocycles. The van der Waals surface area contributed by atoms with Crippen LogP contribution >= 0.6 is 0 Å². The van der Waals surface area contributed by atoms with E-state index in [-0.39, 0.29) is 5.75 Å². The third kappa shape index (κ3) is 5.18. The number of carbonyl (C=O) groups excluding carboxylic acids is 1. The minimum Gasteiger partial charge on any atom is -0.406 e. The predicted octanol–water partition coefficient (Wildman–Crippen LogP) is 6.06. The zero-order chi connectivity index (χ0) is 25.3. The fourth-order valence-electron chi connectivity index (χ4n) is 4.80. The van der Waals surface area contributed by atoms with Gasteiger partial charge in [-0.25, -0.2) is 0 Å². The molecule has 1 atom stereocenters. The van der Waals surface area contributed by atoms with E-state index >= 15 is 0 Å². The Bertz CT molecular complexity index is 1370. The number of aldehydes is 1. The molecule has 1 unspecified atom stereocenters. The van der Waals surface area contributed by atoms with Crippen LogP contribution in [-0.4, -0.2) is 27.3 Å². The van der Waals surface area contributed by atoms with E-state index < -0.39 is 12.4 Å². The Morgan fingerprint density at radius 2 is 1.72 bits per heavy atom. The van der Waals surface area contributed by atoms with Crippen LogP contribution in [0, 0.1) is 6.92 Å². The van der Waals surface area contributed by atoms with E-state index in [2.05, 4.69) is 34.1 Å². The summed E-state index contributed by atoms with van der Waals surface area (Å²) in [4.78, 5) is 14.1. The highest BCUT2D eigenvalue weighted by molar-refractivity contribution is 5.71. The molecule has 0 aliphatic carbocycles. The molecule has 184 valence electrons. The molecule has 0 N–H and O–H groups in total. The third-order valence-corrected chi connectivity index (χ3v) is 6.36. The first kappa shape index (κ1) is 23.8. The van der Waals surface area contributed by atoms with Gasteiger partial charge in [-0.05, 0) is 58.5 Å². The van der Waals surface area contributed by atoms with Gasteiger partial charge in [0.2, 0.25) is 0 Å². The third-order valence-electron chi connectivity index (χ3n) is 6.36. The van der Waals surface area contributed by atoms with Gasteiger partial charge in [0.1, 0.15) is 12.0 Å². The quantitative estimate of drug-likeness (QED) is 0.295. The fourth-order valence-corrected chi connectivity index (χ4v) is 4.80. The smallest absolute Gasteiger partial charge is 0.406 e. The van der Waals surface area contributed by atoms with Crippen LogP contribution in [0.3, 0.4) is 0 Å². The molecule has 1 aliphatic heterocycles. The summed E-state index contributed by atoms with van der Waals surface area (Å²) in [6.45, 7) is 3.67. The Kier molecular flexibility index (Phi) is 6.36. The lowest BCUT2D eigenvalue weighted by Gasteiger charge is -2.21. The normalized spacial score (nSPS) is 15.6.